The highest BCUT2D eigenvalue weighted by molar-refractivity contribution is 5.62. The molecule has 0 bridgehead atoms. The Kier molecular flexibility index (Phi) is 3.56. The predicted octanol–water partition coefficient (Wildman–Crippen LogP) is 3.59. The first kappa shape index (κ1) is 14.8. The summed E-state index contributed by atoms with van der Waals surface area (Å²) in [6.07, 6.45) is 1.36. The van der Waals surface area contributed by atoms with Gasteiger partial charge < -0.3 is 4.74 Å². The summed E-state index contributed by atoms with van der Waals surface area (Å²) in [5, 5.41) is 13.0. The molecule has 0 saturated heterocycles. The number of ether oxygens (including phenoxy) is 1. The molecule has 2 aromatic heterocycles. The number of hydrogen-bond donors (Lipinski definition) is 0. The van der Waals surface area contributed by atoms with E-state index in [1.807, 2.05) is 0 Å². The van der Waals surface area contributed by atoms with Crippen LogP contribution in [0.25, 0.3) is 17.0 Å². The third kappa shape index (κ3) is 2.88. The van der Waals surface area contributed by atoms with Crippen molar-refractivity contribution < 1.29 is 9.13 Å². The van der Waals surface area contributed by atoms with Crippen LogP contribution in [0.1, 0.15) is 5.56 Å². The Labute approximate surface area is 141 Å². The Hall–Kier alpha value is -3.79. The minimum Gasteiger partial charge on any atom is -0.439 e. The summed E-state index contributed by atoms with van der Waals surface area (Å²) in [6.45, 7) is 0. The maximum Gasteiger partial charge on any atom is 0.255 e. The minimum atomic E-state index is -0.352. The van der Waals surface area contributed by atoms with E-state index in [4.69, 9.17) is 10.00 Å². The highest BCUT2D eigenvalue weighted by atomic mass is 19.1. The molecule has 0 aliphatic heterocycles. The van der Waals surface area contributed by atoms with Gasteiger partial charge in [0.1, 0.15) is 17.9 Å². The molecule has 0 atom stereocenters. The van der Waals surface area contributed by atoms with Gasteiger partial charge in [-0.05, 0) is 36.4 Å². The van der Waals surface area contributed by atoms with E-state index in [1.54, 1.807) is 42.5 Å². The van der Waals surface area contributed by atoms with Gasteiger partial charge >= 0.3 is 0 Å². The number of fused-ring (bicyclic) bond motifs is 1. The van der Waals surface area contributed by atoms with Crippen molar-refractivity contribution in [1.29, 1.82) is 5.26 Å². The van der Waals surface area contributed by atoms with Crippen LogP contribution in [0, 0.1) is 17.1 Å². The Morgan fingerprint density at radius 2 is 1.92 bits per heavy atom. The standard InChI is InChI=1S/C18H10FN5O/c19-14-3-1-2-13(8-14)16-9-17(24-18(23-16)21-11-22-24)25-15-6-4-12(10-20)5-7-15/h1-9,11H. The summed E-state index contributed by atoms with van der Waals surface area (Å²) >= 11 is 0. The fourth-order valence-corrected chi connectivity index (χ4v) is 2.37. The Morgan fingerprint density at radius 1 is 1.08 bits per heavy atom. The fraction of sp³-hybridized carbons (Fsp3) is 0. The lowest BCUT2D eigenvalue weighted by atomic mass is 10.1. The van der Waals surface area contributed by atoms with Crippen LogP contribution in [-0.2, 0) is 0 Å². The van der Waals surface area contributed by atoms with Crippen molar-refractivity contribution in [2.75, 3.05) is 0 Å². The molecule has 0 radical (unpaired) electrons. The molecule has 0 aliphatic rings. The van der Waals surface area contributed by atoms with Crippen molar-refractivity contribution in [3.05, 3.63) is 72.3 Å². The molecule has 0 aliphatic carbocycles. The van der Waals surface area contributed by atoms with Gasteiger partial charge in [-0.3, -0.25) is 0 Å². The predicted molar refractivity (Wildman–Crippen MR) is 87.4 cm³/mol. The molecular formula is C18H10FN5O. The van der Waals surface area contributed by atoms with Crippen LogP contribution in [0.3, 0.4) is 0 Å². The van der Waals surface area contributed by atoms with Crippen molar-refractivity contribution in [3.63, 3.8) is 0 Å². The van der Waals surface area contributed by atoms with E-state index in [0.717, 1.165) is 0 Å². The molecular weight excluding hydrogens is 321 g/mol. The molecule has 2 heterocycles. The Morgan fingerprint density at radius 3 is 2.68 bits per heavy atom. The first-order chi connectivity index (χ1) is 12.2. The molecule has 4 aromatic rings. The average Bonchev–Trinajstić information content (AvgIpc) is 3.11. The van der Waals surface area contributed by atoms with E-state index in [9.17, 15) is 4.39 Å². The average molecular weight is 331 g/mol. The summed E-state index contributed by atoms with van der Waals surface area (Å²) < 4.78 is 20.8. The van der Waals surface area contributed by atoms with Gasteiger partial charge in [0.15, 0.2) is 0 Å². The molecule has 0 amide bonds. The third-order valence-corrected chi connectivity index (χ3v) is 3.55. The zero-order chi connectivity index (χ0) is 17.2. The largest absolute Gasteiger partial charge is 0.439 e. The monoisotopic (exact) mass is 331 g/mol. The zero-order valence-electron chi connectivity index (χ0n) is 12.8. The number of nitriles is 1. The second-order valence-corrected chi connectivity index (χ2v) is 5.20. The molecule has 4 rings (SSSR count). The van der Waals surface area contributed by atoms with Gasteiger partial charge in [-0.2, -0.15) is 19.9 Å². The van der Waals surface area contributed by atoms with E-state index >= 15 is 0 Å². The number of aromatic nitrogens is 4. The first-order valence-corrected chi connectivity index (χ1v) is 7.38. The van der Waals surface area contributed by atoms with Gasteiger partial charge in [0.25, 0.3) is 5.78 Å². The van der Waals surface area contributed by atoms with Crippen molar-refractivity contribution in [1.82, 2.24) is 19.6 Å². The molecule has 120 valence electrons. The zero-order valence-corrected chi connectivity index (χ0v) is 12.8. The van der Waals surface area contributed by atoms with Crippen LogP contribution in [0.5, 0.6) is 11.6 Å². The second-order valence-electron chi connectivity index (χ2n) is 5.20. The van der Waals surface area contributed by atoms with Gasteiger partial charge in [-0.15, -0.1) is 0 Å². The number of rotatable bonds is 3. The van der Waals surface area contributed by atoms with Gasteiger partial charge in [0, 0.05) is 11.6 Å². The van der Waals surface area contributed by atoms with E-state index in [2.05, 4.69) is 21.1 Å². The van der Waals surface area contributed by atoms with Crippen LogP contribution in [-0.4, -0.2) is 19.6 Å². The molecule has 0 saturated carbocycles. The van der Waals surface area contributed by atoms with Gasteiger partial charge in [0.2, 0.25) is 5.88 Å². The molecule has 0 N–H and O–H groups in total. The van der Waals surface area contributed by atoms with Crippen LogP contribution >= 0.6 is 0 Å². The summed E-state index contributed by atoms with van der Waals surface area (Å²) in [5.41, 5.74) is 1.66. The van der Waals surface area contributed by atoms with Crippen LogP contribution in [0.15, 0.2) is 60.9 Å². The molecule has 25 heavy (non-hydrogen) atoms. The van der Waals surface area contributed by atoms with E-state index < -0.39 is 0 Å². The molecule has 6 nitrogen and oxygen atoms in total. The highest BCUT2D eigenvalue weighted by Crippen LogP contribution is 2.27. The number of benzene rings is 2. The molecule has 0 spiro atoms. The van der Waals surface area contributed by atoms with Gasteiger partial charge in [0.05, 0.1) is 17.3 Å². The fourth-order valence-electron chi connectivity index (χ4n) is 2.37. The quantitative estimate of drug-likeness (QED) is 0.573. The second kappa shape index (κ2) is 6.02. The lowest BCUT2D eigenvalue weighted by Crippen LogP contribution is -1.99. The van der Waals surface area contributed by atoms with Crippen molar-refractivity contribution in [2.24, 2.45) is 0 Å². The van der Waals surface area contributed by atoms with Crippen LogP contribution in [0.2, 0.25) is 0 Å². The lowest BCUT2D eigenvalue weighted by molar-refractivity contribution is 0.446. The van der Waals surface area contributed by atoms with Gasteiger partial charge in [-0.1, -0.05) is 12.1 Å². The summed E-state index contributed by atoms with van der Waals surface area (Å²) in [5.74, 6) is 0.902. The summed E-state index contributed by atoms with van der Waals surface area (Å²) in [7, 11) is 0. The van der Waals surface area contributed by atoms with Crippen molar-refractivity contribution in [2.45, 2.75) is 0 Å². The summed E-state index contributed by atoms with van der Waals surface area (Å²) in [4.78, 5) is 8.46. The first-order valence-electron chi connectivity index (χ1n) is 7.38. The molecule has 2 aromatic carbocycles. The van der Waals surface area contributed by atoms with Crippen LogP contribution in [0.4, 0.5) is 4.39 Å². The molecule has 0 fully saturated rings. The van der Waals surface area contributed by atoms with Crippen LogP contribution < -0.4 is 4.74 Å². The normalized spacial score (nSPS) is 10.6. The van der Waals surface area contributed by atoms with Crippen molar-refractivity contribution in [3.8, 4) is 29.0 Å². The summed E-state index contributed by atoms with van der Waals surface area (Å²) in [6, 6.07) is 16.5. The SMILES string of the molecule is N#Cc1ccc(Oc2cc(-c3cccc(F)c3)nc3ncnn23)cc1. The van der Waals surface area contributed by atoms with E-state index in [0.29, 0.717) is 34.2 Å². The number of hydrogen-bond acceptors (Lipinski definition) is 5. The Balaban J connectivity index is 1.79. The third-order valence-electron chi connectivity index (χ3n) is 3.55. The van der Waals surface area contributed by atoms with E-state index in [1.165, 1.54) is 23.0 Å². The van der Waals surface area contributed by atoms with E-state index in [-0.39, 0.29) is 5.82 Å². The lowest BCUT2D eigenvalue weighted by Gasteiger charge is -2.09. The minimum absolute atomic E-state index is 0.338. The van der Waals surface area contributed by atoms with Crippen molar-refractivity contribution >= 4 is 5.78 Å². The maximum absolute atomic E-state index is 13.5. The number of halogens is 1. The Bertz CT molecular complexity index is 1100. The molecule has 0 unspecified atom stereocenters. The smallest absolute Gasteiger partial charge is 0.255 e. The van der Waals surface area contributed by atoms with Gasteiger partial charge in [-0.25, -0.2) is 9.37 Å². The topological polar surface area (TPSA) is 76.1 Å². The number of nitrogens with zero attached hydrogens (tertiary/aromatic N) is 5. The maximum atomic E-state index is 13.5. The highest BCUT2D eigenvalue weighted by Gasteiger charge is 2.11. The molecule has 7 heteroatoms.